The Morgan fingerprint density at radius 3 is 3.09 bits per heavy atom. The van der Waals surface area contributed by atoms with Crippen LogP contribution in [0.15, 0.2) is 0 Å². The van der Waals surface area contributed by atoms with Gasteiger partial charge in [-0.25, -0.2) is 0 Å². The van der Waals surface area contributed by atoms with Gasteiger partial charge in [-0.3, -0.25) is 14.7 Å². The quantitative estimate of drug-likeness (QED) is 0.699. The van der Waals surface area contributed by atoms with Gasteiger partial charge in [0, 0.05) is 30.8 Å². The minimum Gasteiger partial charge on any atom is -0.378 e. The van der Waals surface area contributed by atoms with E-state index in [1.807, 2.05) is 0 Å². The highest BCUT2D eigenvalue weighted by Gasteiger charge is 2.36. The zero-order chi connectivity index (χ0) is 15.1. The molecule has 0 radical (unpaired) electrons. The lowest BCUT2D eigenvalue weighted by Crippen LogP contribution is -2.44. The molecule has 0 aromatic carbocycles. The van der Waals surface area contributed by atoms with Crippen LogP contribution in [0.5, 0.6) is 0 Å². The maximum absolute atomic E-state index is 12.8. The average molecular weight is 306 g/mol. The molecule has 2 N–H and O–H groups in total. The Hall–Kier alpha value is -1.93. The summed E-state index contributed by atoms with van der Waals surface area (Å²) in [7, 11) is 0. The number of aromatic amines is 1. The van der Waals surface area contributed by atoms with Crippen LogP contribution in [0, 0.1) is 5.92 Å². The van der Waals surface area contributed by atoms with Crippen LogP contribution in [0.1, 0.15) is 21.7 Å². The summed E-state index contributed by atoms with van der Waals surface area (Å²) in [5.74, 6) is -0.496. The third-order valence-electron chi connectivity index (χ3n) is 4.42. The minimum absolute atomic E-state index is 0.0369. The van der Waals surface area contributed by atoms with Gasteiger partial charge in [-0.2, -0.15) is 5.10 Å². The third-order valence-corrected chi connectivity index (χ3v) is 4.42. The van der Waals surface area contributed by atoms with Crippen LogP contribution >= 0.6 is 0 Å². The average Bonchev–Trinajstić information content (AvgIpc) is 2.76. The molecular weight excluding hydrogens is 288 g/mol. The summed E-state index contributed by atoms with van der Waals surface area (Å²) in [4.78, 5) is 26.6. The zero-order valence-corrected chi connectivity index (χ0v) is 12.1. The van der Waals surface area contributed by atoms with E-state index in [1.165, 1.54) is 0 Å². The van der Waals surface area contributed by atoms with Gasteiger partial charge in [0.25, 0.3) is 5.91 Å². The second-order valence-electron chi connectivity index (χ2n) is 5.98. The number of nitrogens with one attached hydrogen (secondary N) is 2. The van der Waals surface area contributed by atoms with E-state index in [4.69, 9.17) is 9.47 Å². The van der Waals surface area contributed by atoms with Crippen molar-refractivity contribution in [3.8, 4) is 0 Å². The largest absolute Gasteiger partial charge is 0.378 e. The molecule has 22 heavy (non-hydrogen) atoms. The predicted molar refractivity (Wildman–Crippen MR) is 74.1 cm³/mol. The van der Waals surface area contributed by atoms with Crippen molar-refractivity contribution in [2.45, 2.75) is 19.1 Å². The number of amides is 2. The van der Waals surface area contributed by atoms with Crippen LogP contribution in [-0.4, -0.2) is 65.9 Å². The molecule has 1 aromatic heterocycles. The molecule has 0 spiro atoms. The molecule has 3 aliphatic heterocycles. The molecule has 0 unspecified atom stereocenters. The number of hydrogen-bond donors (Lipinski definition) is 2. The molecule has 2 bridgehead atoms. The molecule has 4 rings (SSSR count). The number of carbonyl (C=O) groups excluding carboxylic acids is 2. The first kappa shape index (κ1) is 13.7. The van der Waals surface area contributed by atoms with Crippen molar-refractivity contribution in [1.82, 2.24) is 20.4 Å². The van der Waals surface area contributed by atoms with E-state index in [2.05, 4.69) is 15.5 Å². The molecule has 2 saturated heterocycles. The van der Waals surface area contributed by atoms with Crippen molar-refractivity contribution in [1.29, 1.82) is 0 Å². The summed E-state index contributed by atoms with van der Waals surface area (Å²) < 4.78 is 10.9. The van der Waals surface area contributed by atoms with E-state index in [-0.39, 0.29) is 23.8 Å². The van der Waals surface area contributed by atoms with Gasteiger partial charge in [-0.15, -0.1) is 0 Å². The Labute approximate surface area is 127 Å². The lowest BCUT2D eigenvalue weighted by molar-refractivity contribution is -0.125. The number of carbonyl (C=O) groups is 2. The number of hydrogen-bond acceptors (Lipinski definition) is 5. The molecule has 1 aromatic rings. The van der Waals surface area contributed by atoms with Crippen LogP contribution in [0.3, 0.4) is 0 Å². The lowest BCUT2D eigenvalue weighted by atomic mass is 10.1. The van der Waals surface area contributed by atoms with Crippen LogP contribution in [0.4, 0.5) is 0 Å². The van der Waals surface area contributed by atoms with Crippen molar-refractivity contribution >= 4 is 11.8 Å². The Kier molecular flexibility index (Phi) is 3.34. The molecule has 2 fully saturated rings. The fraction of sp³-hybridized carbons (Fsp3) is 0.643. The SMILES string of the molecule is O=C1N[C@@H]2COC[C@H]1CN(C(=O)c1n[nH]c3c1COCC3)C2. The second kappa shape index (κ2) is 5.36. The van der Waals surface area contributed by atoms with E-state index in [0.717, 1.165) is 17.7 Å². The van der Waals surface area contributed by atoms with E-state index in [0.29, 0.717) is 45.2 Å². The fourth-order valence-corrected chi connectivity index (χ4v) is 3.23. The molecule has 2 atom stereocenters. The normalized spacial score (nSPS) is 27.8. The van der Waals surface area contributed by atoms with Crippen molar-refractivity contribution in [2.75, 3.05) is 32.9 Å². The molecule has 8 nitrogen and oxygen atoms in total. The van der Waals surface area contributed by atoms with Gasteiger partial charge < -0.3 is 19.7 Å². The van der Waals surface area contributed by atoms with Crippen molar-refractivity contribution in [3.63, 3.8) is 0 Å². The first-order chi connectivity index (χ1) is 10.7. The minimum atomic E-state index is -0.317. The monoisotopic (exact) mass is 306 g/mol. The molecule has 8 heteroatoms. The van der Waals surface area contributed by atoms with Gasteiger partial charge in [-0.05, 0) is 0 Å². The molecule has 118 valence electrons. The van der Waals surface area contributed by atoms with Crippen molar-refractivity contribution in [2.24, 2.45) is 5.92 Å². The predicted octanol–water partition coefficient (Wildman–Crippen LogP) is -0.931. The standard InChI is InChI=1S/C14H18N4O4/c19-13-8-3-18(4-9(15-13)6-22-5-8)14(20)12-10-7-21-2-1-11(10)16-17-12/h8-9H,1-7H2,(H,15,19)(H,16,17)/t8-,9+/m1/s1. The van der Waals surface area contributed by atoms with Gasteiger partial charge >= 0.3 is 0 Å². The molecular formula is C14H18N4O4. The van der Waals surface area contributed by atoms with Gasteiger partial charge in [-0.1, -0.05) is 0 Å². The van der Waals surface area contributed by atoms with Crippen LogP contribution < -0.4 is 5.32 Å². The Balaban J connectivity index is 1.60. The zero-order valence-electron chi connectivity index (χ0n) is 12.1. The van der Waals surface area contributed by atoms with Crippen LogP contribution in [0.25, 0.3) is 0 Å². The number of rotatable bonds is 1. The van der Waals surface area contributed by atoms with Crippen molar-refractivity contribution in [3.05, 3.63) is 17.0 Å². The highest BCUT2D eigenvalue weighted by molar-refractivity contribution is 5.94. The summed E-state index contributed by atoms with van der Waals surface area (Å²) in [6, 6.07) is -0.157. The van der Waals surface area contributed by atoms with E-state index in [1.54, 1.807) is 4.90 Å². The maximum atomic E-state index is 12.8. The Morgan fingerprint density at radius 1 is 1.27 bits per heavy atom. The second-order valence-corrected chi connectivity index (χ2v) is 5.98. The molecule has 0 saturated carbocycles. The molecule has 3 aliphatic rings. The van der Waals surface area contributed by atoms with Crippen LogP contribution in [0.2, 0.25) is 0 Å². The highest BCUT2D eigenvalue weighted by Crippen LogP contribution is 2.21. The topological polar surface area (TPSA) is 96.5 Å². The van der Waals surface area contributed by atoms with E-state index in [9.17, 15) is 9.59 Å². The van der Waals surface area contributed by atoms with E-state index < -0.39 is 0 Å². The van der Waals surface area contributed by atoms with Gasteiger partial charge in [0.15, 0.2) is 5.69 Å². The summed E-state index contributed by atoms with van der Waals surface area (Å²) in [6.07, 6.45) is 0.745. The first-order valence-corrected chi connectivity index (χ1v) is 7.53. The molecule has 2 amide bonds. The fourth-order valence-electron chi connectivity index (χ4n) is 3.23. The van der Waals surface area contributed by atoms with Gasteiger partial charge in [0.05, 0.1) is 38.4 Å². The Morgan fingerprint density at radius 2 is 2.18 bits per heavy atom. The maximum Gasteiger partial charge on any atom is 0.274 e. The lowest BCUT2D eigenvalue weighted by Gasteiger charge is -2.27. The highest BCUT2D eigenvalue weighted by atomic mass is 16.5. The van der Waals surface area contributed by atoms with E-state index >= 15 is 0 Å². The first-order valence-electron chi connectivity index (χ1n) is 7.53. The smallest absolute Gasteiger partial charge is 0.274 e. The van der Waals surface area contributed by atoms with Gasteiger partial charge in [0.1, 0.15) is 0 Å². The summed E-state index contributed by atoms with van der Waals surface area (Å²) >= 11 is 0. The Bertz CT molecular complexity index is 614. The van der Waals surface area contributed by atoms with Crippen LogP contribution in [-0.2, 0) is 27.3 Å². The molecule has 4 heterocycles. The number of ether oxygens (including phenoxy) is 2. The third kappa shape index (κ3) is 2.28. The molecule has 0 aliphatic carbocycles. The summed E-state index contributed by atoms with van der Waals surface area (Å²) in [5, 5.41) is 10.0. The summed E-state index contributed by atoms with van der Waals surface area (Å²) in [5.41, 5.74) is 2.24. The number of nitrogens with zero attached hydrogens (tertiary/aromatic N) is 2. The van der Waals surface area contributed by atoms with Gasteiger partial charge in [0.2, 0.25) is 5.91 Å². The number of aromatic nitrogens is 2. The number of H-pyrrole nitrogens is 1. The van der Waals surface area contributed by atoms with Crippen molar-refractivity contribution < 1.29 is 19.1 Å². The number of fused-ring (bicyclic) bond motifs is 4. The summed E-state index contributed by atoms with van der Waals surface area (Å²) in [6.45, 7) is 2.66.